The lowest BCUT2D eigenvalue weighted by Crippen LogP contribution is -2.02. The standard InChI is InChI=1S/C42H38N2O/c1-2-3-27-45-28-26-30-16-25-42-38(29-30)37-12-6-9-15-41(37)44(42)34-23-19-32(20-24-34)31-17-21-33(22-18-31)43-39-13-7-4-10-35(39)36-11-5-8-14-40(36)43/h4-7,9-13,15-25,29H,2-3,8,14,26-28H2,1H3. The molecule has 2 heterocycles. The number of aromatic nitrogens is 2. The van der Waals surface area contributed by atoms with Crippen LogP contribution in [0.5, 0.6) is 0 Å². The molecule has 0 saturated carbocycles. The monoisotopic (exact) mass is 586 g/mol. The van der Waals surface area contributed by atoms with Crippen molar-refractivity contribution in [1.82, 2.24) is 9.13 Å². The Bertz CT molecular complexity index is 2160. The van der Waals surface area contributed by atoms with Gasteiger partial charge in [0.2, 0.25) is 0 Å². The SMILES string of the molecule is CCCCOCCc1ccc2c(c1)c1ccccc1n2-c1ccc(-c2ccc(-n3c4c(c5ccccc53)C=CCC4)cc2)cc1. The molecule has 3 nitrogen and oxygen atoms in total. The number of unbranched alkanes of at least 4 members (excludes halogenated alkanes) is 1. The number of ether oxygens (including phenoxy) is 1. The van der Waals surface area contributed by atoms with Crippen molar-refractivity contribution in [1.29, 1.82) is 0 Å². The molecule has 0 atom stereocenters. The van der Waals surface area contributed by atoms with E-state index in [0.29, 0.717) is 0 Å². The fraction of sp³-hybridized carbons (Fsp3) is 0.190. The molecule has 0 aliphatic heterocycles. The average Bonchev–Trinajstić information content (AvgIpc) is 3.61. The Hall–Kier alpha value is -4.86. The molecule has 0 saturated heterocycles. The molecule has 0 spiro atoms. The third kappa shape index (κ3) is 4.98. The fourth-order valence-corrected chi connectivity index (χ4v) is 7.06. The largest absolute Gasteiger partial charge is 0.381 e. The summed E-state index contributed by atoms with van der Waals surface area (Å²) in [4.78, 5) is 0. The lowest BCUT2D eigenvalue weighted by molar-refractivity contribution is 0.134. The minimum absolute atomic E-state index is 0.772. The van der Waals surface area contributed by atoms with Crippen LogP contribution in [0, 0.1) is 0 Å². The maximum atomic E-state index is 5.86. The Morgan fingerprint density at radius 1 is 0.622 bits per heavy atom. The molecular formula is C42H38N2O. The minimum Gasteiger partial charge on any atom is -0.381 e. The second-order valence-electron chi connectivity index (χ2n) is 12.2. The zero-order valence-corrected chi connectivity index (χ0v) is 25.9. The Kier molecular flexibility index (Phi) is 7.32. The molecule has 1 aliphatic carbocycles. The maximum Gasteiger partial charge on any atom is 0.0541 e. The summed E-state index contributed by atoms with van der Waals surface area (Å²) in [6.45, 7) is 3.82. The number of hydrogen-bond acceptors (Lipinski definition) is 1. The summed E-state index contributed by atoms with van der Waals surface area (Å²) in [5.74, 6) is 0. The van der Waals surface area contributed by atoms with E-state index in [2.05, 4.69) is 143 Å². The van der Waals surface area contributed by atoms with Crippen molar-refractivity contribution in [3.05, 3.63) is 138 Å². The lowest BCUT2D eigenvalue weighted by Gasteiger charge is -2.14. The van der Waals surface area contributed by atoms with Crippen molar-refractivity contribution in [2.45, 2.75) is 39.0 Å². The van der Waals surface area contributed by atoms with Gasteiger partial charge in [-0.25, -0.2) is 0 Å². The highest BCUT2D eigenvalue weighted by Crippen LogP contribution is 2.36. The topological polar surface area (TPSA) is 19.1 Å². The van der Waals surface area contributed by atoms with Crippen LogP contribution < -0.4 is 0 Å². The van der Waals surface area contributed by atoms with E-state index in [4.69, 9.17) is 4.74 Å². The van der Waals surface area contributed by atoms with E-state index in [9.17, 15) is 0 Å². The van der Waals surface area contributed by atoms with Gasteiger partial charge in [0, 0.05) is 45.4 Å². The second-order valence-corrected chi connectivity index (χ2v) is 12.2. The van der Waals surface area contributed by atoms with Crippen LogP contribution in [-0.4, -0.2) is 22.3 Å². The Morgan fingerprint density at radius 3 is 2.00 bits per heavy atom. The molecule has 1 aliphatic rings. The minimum atomic E-state index is 0.772. The first-order valence-electron chi connectivity index (χ1n) is 16.4. The van der Waals surface area contributed by atoms with Gasteiger partial charge in [0.25, 0.3) is 0 Å². The van der Waals surface area contributed by atoms with Crippen molar-refractivity contribution in [3.8, 4) is 22.5 Å². The van der Waals surface area contributed by atoms with Crippen LogP contribution in [0.25, 0.3) is 61.3 Å². The molecule has 7 aromatic rings. The smallest absolute Gasteiger partial charge is 0.0541 e. The first kappa shape index (κ1) is 27.7. The molecular weight excluding hydrogens is 548 g/mol. The summed E-state index contributed by atoms with van der Waals surface area (Å²) in [5.41, 5.74) is 12.7. The molecule has 0 N–H and O–H groups in total. The zero-order valence-electron chi connectivity index (χ0n) is 25.9. The van der Waals surface area contributed by atoms with Gasteiger partial charge < -0.3 is 13.9 Å². The second kappa shape index (κ2) is 11.9. The van der Waals surface area contributed by atoms with E-state index >= 15 is 0 Å². The van der Waals surface area contributed by atoms with Crippen LogP contribution in [0.1, 0.15) is 43.0 Å². The molecule has 8 rings (SSSR count). The Morgan fingerprint density at radius 2 is 1.27 bits per heavy atom. The molecule has 0 radical (unpaired) electrons. The molecule has 3 heteroatoms. The molecule has 45 heavy (non-hydrogen) atoms. The summed E-state index contributed by atoms with van der Waals surface area (Å²) in [6, 6.07) is 42.5. The number of allylic oxidation sites excluding steroid dienone is 1. The van der Waals surface area contributed by atoms with E-state index in [0.717, 1.165) is 38.9 Å². The van der Waals surface area contributed by atoms with Crippen LogP contribution in [0.3, 0.4) is 0 Å². The molecule has 0 unspecified atom stereocenters. The highest BCUT2D eigenvalue weighted by Gasteiger charge is 2.18. The number of benzene rings is 5. The summed E-state index contributed by atoms with van der Waals surface area (Å²) < 4.78 is 10.7. The molecule has 0 bridgehead atoms. The van der Waals surface area contributed by atoms with Crippen LogP contribution in [0.4, 0.5) is 0 Å². The summed E-state index contributed by atoms with van der Waals surface area (Å²) >= 11 is 0. The lowest BCUT2D eigenvalue weighted by atomic mass is 10.0. The summed E-state index contributed by atoms with van der Waals surface area (Å²) in [5, 5.41) is 3.92. The van der Waals surface area contributed by atoms with Crippen LogP contribution in [0.15, 0.2) is 121 Å². The summed E-state index contributed by atoms with van der Waals surface area (Å²) in [6.07, 6.45) is 10.00. The molecule has 5 aromatic carbocycles. The third-order valence-corrected chi connectivity index (χ3v) is 9.35. The normalized spacial score (nSPS) is 12.8. The van der Waals surface area contributed by atoms with E-state index in [1.165, 1.54) is 78.5 Å². The number of para-hydroxylation sites is 2. The molecule has 222 valence electrons. The first-order valence-corrected chi connectivity index (χ1v) is 16.4. The molecule has 2 aromatic heterocycles. The highest BCUT2D eigenvalue weighted by molar-refractivity contribution is 6.09. The number of nitrogens with zero attached hydrogens (tertiary/aromatic N) is 2. The first-order chi connectivity index (χ1) is 22.3. The van der Waals surface area contributed by atoms with E-state index in [1.807, 2.05) is 0 Å². The number of rotatable bonds is 9. The van der Waals surface area contributed by atoms with Gasteiger partial charge in [0.15, 0.2) is 0 Å². The maximum absolute atomic E-state index is 5.86. The zero-order chi connectivity index (χ0) is 30.2. The van der Waals surface area contributed by atoms with Crippen molar-refractivity contribution in [2.75, 3.05) is 13.2 Å². The van der Waals surface area contributed by atoms with Crippen LogP contribution in [-0.2, 0) is 17.6 Å². The quantitative estimate of drug-likeness (QED) is 0.154. The van der Waals surface area contributed by atoms with Crippen LogP contribution >= 0.6 is 0 Å². The van der Waals surface area contributed by atoms with Gasteiger partial charge in [-0.2, -0.15) is 0 Å². The molecule has 0 amide bonds. The van der Waals surface area contributed by atoms with E-state index in [1.54, 1.807) is 0 Å². The van der Waals surface area contributed by atoms with Gasteiger partial charge in [-0.1, -0.05) is 92.2 Å². The van der Waals surface area contributed by atoms with Gasteiger partial charge in [0.1, 0.15) is 0 Å². The Labute approximate surface area is 265 Å². The van der Waals surface area contributed by atoms with Crippen molar-refractivity contribution >= 4 is 38.8 Å². The number of fused-ring (bicyclic) bond motifs is 6. The van der Waals surface area contributed by atoms with Crippen molar-refractivity contribution in [2.24, 2.45) is 0 Å². The summed E-state index contributed by atoms with van der Waals surface area (Å²) in [7, 11) is 0. The van der Waals surface area contributed by atoms with Crippen molar-refractivity contribution < 1.29 is 4.74 Å². The van der Waals surface area contributed by atoms with Gasteiger partial charge in [-0.15, -0.1) is 0 Å². The van der Waals surface area contributed by atoms with Gasteiger partial charge in [-0.05, 0) is 90.9 Å². The predicted octanol–water partition coefficient (Wildman–Crippen LogP) is 10.7. The molecule has 0 fully saturated rings. The predicted molar refractivity (Wildman–Crippen MR) is 190 cm³/mol. The Balaban J connectivity index is 1.10. The fourth-order valence-electron chi connectivity index (χ4n) is 7.06. The van der Waals surface area contributed by atoms with E-state index in [-0.39, 0.29) is 0 Å². The number of hydrogen-bond donors (Lipinski definition) is 0. The van der Waals surface area contributed by atoms with Gasteiger partial charge in [-0.3, -0.25) is 0 Å². The van der Waals surface area contributed by atoms with Crippen molar-refractivity contribution in [3.63, 3.8) is 0 Å². The van der Waals surface area contributed by atoms with Crippen LogP contribution in [0.2, 0.25) is 0 Å². The third-order valence-electron chi connectivity index (χ3n) is 9.35. The van der Waals surface area contributed by atoms with Gasteiger partial charge in [0.05, 0.1) is 23.2 Å². The highest BCUT2D eigenvalue weighted by atomic mass is 16.5. The van der Waals surface area contributed by atoms with Gasteiger partial charge >= 0.3 is 0 Å². The average molecular weight is 587 g/mol. The van der Waals surface area contributed by atoms with E-state index < -0.39 is 0 Å².